The highest BCUT2D eigenvalue weighted by Crippen LogP contribution is 2.30. The fourth-order valence-corrected chi connectivity index (χ4v) is 1.71. The van der Waals surface area contributed by atoms with E-state index < -0.39 is 11.9 Å². The minimum Gasteiger partial charge on any atom is -0.369 e. The third-order valence-corrected chi connectivity index (χ3v) is 2.55. The fourth-order valence-electron chi connectivity index (χ4n) is 1.71. The van der Waals surface area contributed by atoms with Crippen molar-refractivity contribution in [2.75, 3.05) is 0 Å². The monoisotopic (exact) mass is 314 g/mol. The Hall–Kier alpha value is -1.82. The Kier molecular flexibility index (Phi) is 7.11. The van der Waals surface area contributed by atoms with Gasteiger partial charge in [0.1, 0.15) is 12.4 Å². The van der Waals surface area contributed by atoms with Crippen molar-refractivity contribution < 1.29 is 17.9 Å². The molecule has 0 aliphatic rings. The van der Waals surface area contributed by atoms with E-state index in [4.69, 9.17) is 4.74 Å². The number of alkyl halides is 3. The van der Waals surface area contributed by atoms with Crippen molar-refractivity contribution in [3.8, 4) is 0 Å². The number of nitrogens with zero attached hydrogens (tertiary/aromatic N) is 1. The molecule has 0 fully saturated rings. The summed E-state index contributed by atoms with van der Waals surface area (Å²) < 4.78 is 42.9. The molecule has 0 aliphatic carbocycles. The molecule has 0 radical (unpaired) electrons. The molecule has 0 atom stereocenters. The van der Waals surface area contributed by atoms with Gasteiger partial charge in [-0.05, 0) is 12.5 Å². The quantitative estimate of drug-likeness (QED) is 0.874. The van der Waals surface area contributed by atoms with Crippen molar-refractivity contribution >= 4 is 0 Å². The first kappa shape index (κ1) is 18.2. The summed E-state index contributed by atoms with van der Waals surface area (Å²) in [5.41, 5.74) is 0.0819. The maximum atomic E-state index is 12.5. The van der Waals surface area contributed by atoms with E-state index in [2.05, 4.69) is 23.8 Å². The standard InChI is InChI=1S/C13H13F3N2O.C3H8/c1-9-12(13(14,15)16)18-11(17-9)8-19-7-10-5-3-2-4-6-10;1-3-2/h2-6H,7-8H2,1H3,(H,17,18);3H2,1-2H3. The molecule has 0 amide bonds. The maximum absolute atomic E-state index is 12.5. The molecule has 0 aliphatic heterocycles. The predicted molar refractivity (Wildman–Crippen MR) is 79.2 cm³/mol. The predicted octanol–water partition coefficient (Wildman–Crippen LogP) is 4.87. The van der Waals surface area contributed by atoms with Gasteiger partial charge in [-0.1, -0.05) is 50.6 Å². The molecule has 22 heavy (non-hydrogen) atoms. The average Bonchev–Trinajstić information content (AvgIpc) is 2.82. The van der Waals surface area contributed by atoms with Crippen LogP contribution in [0, 0.1) is 6.92 Å². The molecule has 0 bridgehead atoms. The molecule has 2 rings (SSSR count). The van der Waals surface area contributed by atoms with Crippen LogP contribution in [0.25, 0.3) is 0 Å². The Morgan fingerprint density at radius 2 is 1.68 bits per heavy atom. The van der Waals surface area contributed by atoms with Gasteiger partial charge in [0.15, 0.2) is 5.69 Å². The van der Waals surface area contributed by atoms with Gasteiger partial charge in [0.25, 0.3) is 0 Å². The zero-order valence-corrected chi connectivity index (χ0v) is 13.0. The topological polar surface area (TPSA) is 37.9 Å². The summed E-state index contributed by atoms with van der Waals surface area (Å²) in [7, 11) is 0. The number of hydrogen-bond donors (Lipinski definition) is 1. The van der Waals surface area contributed by atoms with E-state index in [0.717, 1.165) is 5.56 Å². The molecule has 0 unspecified atom stereocenters. The SMILES string of the molecule is CCC.Cc1[nH]c(COCc2ccccc2)nc1C(F)(F)F. The molecule has 0 spiro atoms. The second-order valence-electron chi connectivity index (χ2n) is 4.84. The first-order chi connectivity index (χ1) is 10.4. The van der Waals surface area contributed by atoms with Crippen LogP contribution in [0.3, 0.4) is 0 Å². The maximum Gasteiger partial charge on any atom is 0.435 e. The van der Waals surface area contributed by atoms with Crippen LogP contribution in [-0.4, -0.2) is 9.97 Å². The van der Waals surface area contributed by atoms with Crippen LogP contribution in [0.15, 0.2) is 30.3 Å². The molecule has 6 heteroatoms. The lowest BCUT2D eigenvalue weighted by Crippen LogP contribution is -2.07. The third kappa shape index (κ3) is 5.89. The number of benzene rings is 1. The van der Waals surface area contributed by atoms with Crippen LogP contribution in [0.4, 0.5) is 13.2 Å². The number of imidazole rings is 1. The average molecular weight is 314 g/mol. The summed E-state index contributed by atoms with van der Waals surface area (Å²) in [4.78, 5) is 6.09. The second-order valence-corrected chi connectivity index (χ2v) is 4.84. The summed E-state index contributed by atoms with van der Waals surface area (Å²) >= 11 is 0. The van der Waals surface area contributed by atoms with Crippen LogP contribution in [0.2, 0.25) is 0 Å². The summed E-state index contributed by atoms with van der Waals surface area (Å²) in [6.45, 7) is 5.95. The normalized spacial score (nSPS) is 11.0. The van der Waals surface area contributed by atoms with Gasteiger partial charge < -0.3 is 9.72 Å². The molecule has 1 heterocycles. The van der Waals surface area contributed by atoms with Gasteiger partial charge in [0.05, 0.1) is 6.61 Å². The van der Waals surface area contributed by atoms with Crippen LogP contribution in [-0.2, 0) is 24.1 Å². The van der Waals surface area contributed by atoms with E-state index in [-0.39, 0.29) is 18.1 Å². The van der Waals surface area contributed by atoms with Gasteiger partial charge in [-0.3, -0.25) is 0 Å². The number of hydrogen-bond acceptors (Lipinski definition) is 2. The molecule has 1 aromatic carbocycles. The van der Waals surface area contributed by atoms with Crippen molar-refractivity contribution in [2.24, 2.45) is 0 Å². The molecule has 1 N–H and O–H groups in total. The van der Waals surface area contributed by atoms with Crippen LogP contribution >= 0.6 is 0 Å². The number of ether oxygens (including phenoxy) is 1. The fraction of sp³-hybridized carbons (Fsp3) is 0.438. The Morgan fingerprint density at radius 1 is 1.09 bits per heavy atom. The van der Waals surface area contributed by atoms with E-state index in [1.165, 1.54) is 13.3 Å². The molecule has 2 aromatic rings. The second kappa shape index (κ2) is 8.58. The first-order valence-corrected chi connectivity index (χ1v) is 7.12. The van der Waals surface area contributed by atoms with Gasteiger partial charge in [-0.15, -0.1) is 0 Å². The number of aromatic nitrogens is 2. The molecule has 3 nitrogen and oxygen atoms in total. The zero-order chi connectivity index (χ0) is 16.6. The summed E-state index contributed by atoms with van der Waals surface area (Å²) in [5.74, 6) is 0.181. The van der Waals surface area contributed by atoms with Crippen LogP contribution in [0.1, 0.15) is 43.0 Å². The molecule has 1 aromatic heterocycles. The summed E-state index contributed by atoms with van der Waals surface area (Å²) in [6.07, 6.45) is -3.18. The highest BCUT2D eigenvalue weighted by Gasteiger charge is 2.35. The van der Waals surface area contributed by atoms with Crippen molar-refractivity contribution in [3.63, 3.8) is 0 Å². The summed E-state index contributed by atoms with van der Waals surface area (Å²) in [6, 6.07) is 9.40. The van der Waals surface area contributed by atoms with Gasteiger partial charge in [0, 0.05) is 5.69 Å². The van der Waals surface area contributed by atoms with E-state index in [0.29, 0.717) is 6.61 Å². The molecular weight excluding hydrogens is 293 g/mol. The smallest absolute Gasteiger partial charge is 0.369 e. The van der Waals surface area contributed by atoms with Crippen LogP contribution in [0.5, 0.6) is 0 Å². The number of H-pyrrole nitrogens is 1. The number of aromatic amines is 1. The molecule has 0 saturated carbocycles. The highest BCUT2D eigenvalue weighted by molar-refractivity contribution is 5.16. The lowest BCUT2D eigenvalue weighted by Gasteiger charge is -2.02. The van der Waals surface area contributed by atoms with E-state index in [9.17, 15) is 13.2 Å². The third-order valence-electron chi connectivity index (χ3n) is 2.55. The van der Waals surface area contributed by atoms with Gasteiger partial charge in [-0.2, -0.15) is 13.2 Å². The van der Waals surface area contributed by atoms with Crippen molar-refractivity contribution in [1.82, 2.24) is 9.97 Å². The highest BCUT2D eigenvalue weighted by atomic mass is 19.4. The Balaban J connectivity index is 0.000000745. The molecule has 0 saturated heterocycles. The van der Waals surface area contributed by atoms with E-state index in [1.54, 1.807) is 0 Å². The zero-order valence-electron chi connectivity index (χ0n) is 13.0. The number of aryl methyl sites for hydroxylation is 1. The lowest BCUT2D eigenvalue weighted by molar-refractivity contribution is -0.141. The van der Waals surface area contributed by atoms with Crippen molar-refractivity contribution in [2.45, 2.75) is 46.6 Å². The first-order valence-electron chi connectivity index (χ1n) is 7.12. The number of nitrogens with one attached hydrogen (secondary N) is 1. The van der Waals surface area contributed by atoms with Gasteiger partial charge in [0.2, 0.25) is 0 Å². The van der Waals surface area contributed by atoms with E-state index in [1.807, 2.05) is 30.3 Å². The van der Waals surface area contributed by atoms with Gasteiger partial charge >= 0.3 is 6.18 Å². The largest absolute Gasteiger partial charge is 0.435 e. The lowest BCUT2D eigenvalue weighted by atomic mass is 10.2. The Labute approximate surface area is 128 Å². The molecule has 122 valence electrons. The number of halogens is 3. The molecular formula is C16H21F3N2O. The summed E-state index contributed by atoms with van der Waals surface area (Å²) in [5, 5.41) is 0. The van der Waals surface area contributed by atoms with Crippen LogP contribution < -0.4 is 0 Å². The minimum absolute atomic E-state index is 0.00538. The Morgan fingerprint density at radius 3 is 2.18 bits per heavy atom. The van der Waals surface area contributed by atoms with E-state index >= 15 is 0 Å². The van der Waals surface area contributed by atoms with Gasteiger partial charge in [-0.25, -0.2) is 4.98 Å². The van der Waals surface area contributed by atoms with Crippen molar-refractivity contribution in [3.05, 3.63) is 53.1 Å². The number of rotatable bonds is 4. The van der Waals surface area contributed by atoms with Crippen molar-refractivity contribution in [1.29, 1.82) is 0 Å². The minimum atomic E-state index is -4.43. The Bertz CT molecular complexity index is 550.